The Bertz CT molecular complexity index is 1110. The van der Waals surface area contributed by atoms with Gasteiger partial charge in [-0.15, -0.1) is 0 Å². The number of carbonyl (C=O) groups is 2. The first-order valence-corrected chi connectivity index (χ1v) is 13.8. The van der Waals surface area contributed by atoms with Crippen LogP contribution in [0.1, 0.15) is 52.0 Å². The smallest absolute Gasteiger partial charge is 0.411 e. The highest BCUT2D eigenvalue weighted by molar-refractivity contribution is 5.89. The lowest BCUT2D eigenvalue weighted by Gasteiger charge is -2.35. The van der Waals surface area contributed by atoms with Crippen LogP contribution >= 0.6 is 0 Å². The molecule has 1 aromatic carbocycles. The van der Waals surface area contributed by atoms with E-state index in [1.54, 1.807) is 17.0 Å². The molecule has 0 N–H and O–H groups in total. The highest BCUT2D eigenvalue weighted by atomic mass is 19.1. The van der Waals surface area contributed by atoms with Gasteiger partial charge in [-0.1, -0.05) is 6.07 Å². The number of likely N-dealkylation sites (N-methyl/N-ethyl adjacent to an activating group) is 1. The van der Waals surface area contributed by atoms with Crippen LogP contribution < -0.4 is 4.90 Å². The van der Waals surface area contributed by atoms with Crippen molar-refractivity contribution >= 4 is 17.6 Å². The number of ether oxygens (including phenoxy) is 2. The van der Waals surface area contributed by atoms with Crippen LogP contribution in [0.15, 0.2) is 18.2 Å². The van der Waals surface area contributed by atoms with Crippen molar-refractivity contribution in [2.45, 2.75) is 76.6 Å². The maximum Gasteiger partial charge on any atom is 0.411 e. The zero-order valence-electron chi connectivity index (χ0n) is 22.9. The first-order chi connectivity index (χ1) is 18.0. The fourth-order valence-electron chi connectivity index (χ4n) is 6.84. The van der Waals surface area contributed by atoms with E-state index in [9.17, 15) is 14.9 Å². The molecule has 8 nitrogen and oxygen atoms in total. The zero-order chi connectivity index (χ0) is 27.2. The molecule has 2 bridgehead atoms. The number of Topliss-reactive ketones (excluding diaryl/α,β-unsaturated/α-hetero) is 1. The van der Waals surface area contributed by atoms with E-state index < -0.39 is 23.7 Å². The van der Waals surface area contributed by atoms with Crippen molar-refractivity contribution in [3.8, 4) is 6.07 Å². The number of amides is 1. The van der Waals surface area contributed by atoms with Crippen molar-refractivity contribution in [3.63, 3.8) is 0 Å². The van der Waals surface area contributed by atoms with Gasteiger partial charge in [-0.25, -0.2) is 9.18 Å². The SMILES string of the molecule is CN1COC[C@@H]2CN(c3ccc(C[C@@H](C#N)CC(=O)[C@@H]4[C@H]5CC[C@H](C5)N4C(=O)OC(C)(C)C)c(F)c3)C[C@@H]21. The molecular weight excluding hydrogens is 487 g/mol. The standard InChI is InChI=1S/C29H39FN4O4/c1-29(2,3)38-28(36)34-23-8-6-20(11-23)27(34)26(35)10-18(13-31)9-19-5-7-22(12-24(19)30)33-14-21-16-37-17-32(4)25(21)15-33/h5,7,12,18,20-21,23,25,27H,6,8-11,14-17H2,1-4H3/t18-,20+,21+,23-,25+,27+/m1/s1. The summed E-state index contributed by atoms with van der Waals surface area (Å²) in [5.74, 6) is -0.647. The number of anilines is 1. The second kappa shape index (κ2) is 10.5. The van der Waals surface area contributed by atoms with Crippen molar-refractivity contribution in [2.24, 2.45) is 17.8 Å². The lowest BCUT2D eigenvalue weighted by molar-refractivity contribution is -0.126. The van der Waals surface area contributed by atoms with Crippen LogP contribution in [0.4, 0.5) is 14.9 Å². The first kappa shape index (κ1) is 26.9. The molecule has 0 spiro atoms. The zero-order valence-corrected chi connectivity index (χ0v) is 22.9. The number of piperidine rings is 1. The van der Waals surface area contributed by atoms with E-state index in [1.807, 2.05) is 26.8 Å². The normalized spacial score (nSPS) is 29.7. The Kier molecular flexibility index (Phi) is 7.40. The molecule has 0 aromatic heterocycles. The van der Waals surface area contributed by atoms with Crippen LogP contribution in [0.2, 0.25) is 0 Å². The number of hydrogen-bond donors (Lipinski definition) is 0. The summed E-state index contributed by atoms with van der Waals surface area (Å²) < 4.78 is 26.4. The molecule has 5 rings (SSSR count). The molecule has 1 saturated carbocycles. The molecule has 3 saturated heterocycles. The lowest BCUT2D eigenvalue weighted by Crippen LogP contribution is -2.51. The van der Waals surface area contributed by atoms with Gasteiger partial charge in [0.15, 0.2) is 5.78 Å². The molecule has 9 heteroatoms. The number of likely N-dealkylation sites (tertiary alicyclic amines) is 1. The molecule has 6 atom stereocenters. The van der Waals surface area contributed by atoms with Crippen LogP contribution in [0, 0.1) is 34.9 Å². The number of benzene rings is 1. The van der Waals surface area contributed by atoms with Gasteiger partial charge < -0.3 is 14.4 Å². The Morgan fingerprint density at radius 1 is 1.24 bits per heavy atom. The highest BCUT2D eigenvalue weighted by Gasteiger charge is 2.52. The van der Waals surface area contributed by atoms with E-state index in [0.29, 0.717) is 24.3 Å². The number of nitriles is 1. The molecule has 4 fully saturated rings. The minimum absolute atomic E-state index is 0.00725. The van der Waals surface area contributed by atoms with Crippen LogP contribution in [0.5, 0.6) is 0 Å². The Labute approximate surface area is 224 Å². The Morgan fingerprint density at radius 2 is 2.03 bits per heavy atom. The summed E-state index contributed by atoms with van der Waals surface area (Å²) in [7, 11) is 2.05. The maximum atomic E-state index is 15.2. The summed E-state index contributed by atoms with van der Waals surface area (Å²) in [4.78, 5) is 32.4. The van der Waals surface area contributed by atoms with E-state index in [-0.39, 0.29) is 36.4 Å². The van der Waals surface area contributed by atoms with Crippen molar-refractivity contribution < 1.29 is 23.5 Å². The predicted molar refractivity (Wildman–Crippen MR) is 140 cm³/mol. The minimum Gasteiger partial charge on any atom is -0.444 e. The summed E-state index contributed by atoms with van der Waals surface area (Å²) in [5.41, 5.74) is 0.609. The molecule has 1 amide bonds. The van der Waals surface area contributed by atoms with Gasteiger partial charge in [0.1, 0.15) is 11.4 Å². The number of hydrogen-bond acceptors (Lipinski definition) is 7. The molecular formula is C29H39FN4O4. The lowest BCUT2D eigenvalue weighted by atomic mass is 9.88. The van der Waals surface area contributed by atoms with Gasteiger partial charge >= 0.3 is 6.09 Å². The van der Waals surface area contributed by atoms with Crippen molar-refractivity contribution in [3.05, 3.63) is 29.6 Å². The number of ketones is 1. The molecule has 3 aliphatic heterocycles. The second-order valence-corrected chi connectivity index (χ2v) is 12.5. The summed E-state index contributed by atoms with van der Waals surface area (Å²) in [6.45, 7) is 8.42. The monoisotopic (exact) mass is 526 g/mol. The summed E-state index contributed by atoms with van der Waals surface area (Å²) in [6.07, 6.45) is 2.25. The van der Waals surface area contributed by atoms with Crippen LogP contribution in [-0.4, -0.2) is 78.9 Å². The van der Waals surface area contributed by atoms with Gasteiger partial charge in [-0.05, 0) is 77.1 Å². The molecule has 1 aromatic rings. The third kappa shape index (κ3) is 5.39. The summed E-state index contributed by atoms with van der Waals surface area (Å²) in [6, 6.07) is 7.25. The number of carbonyl (C=O) groups excluding carboxylic acids is 2. The van der Waals surface area contributed by atoms with E-state index in [4.69, 9.17) is 9.47 Å². The van der Waals surface area contributed by atoms with Gasteiger partial charge in [0, 0.05) is 43.2 Å². The fourth-order valence-corrected chi connectivity index (χ4v) is 6.84. The van der Waals surface area contributed by atoms with Crippen LogP contribution in [0.25, 0.3) is 0 Å². The number of nitrogens with zero attached hydrogens (tertiary/aromatic N) is 4. The topological polar surface area (TPSA) is 86.1 Å². The van der Waals surface area contributed by atoms with Gasteiger partial charge in [-0.2, -0.15) is 5.26 Å². The third-order valence-corrected chi connectivity index (χ3v) is 8.62. The van der Waals surface area contributed by atoms with E-state index in [2.05, 4.69) is 22.9 Å². The van der Waals surface area contributed by atoms with Gasteiger partial charge in [0.25, 0.3) is 0 Å². The molecule has 0 radical (unpaired) electrons. The fraction of sp³-hybridized carbons (Fsp3) is 0.690. The van der Waals surface area contributed by atoms with Crippen molar-refractivity contribution in [1.82, 2.24) is 9.80 Å². The number of fused-ring (bicyclic) bond motifs is 3. The minimum atomic E-state index is -0.664. The first-order valence-electron chi connectivity index (χ1n) is 13.8. The molecule has 3 heterocycles. The molecule has 1 aliphatic carbocycles. The molecule has 38 heavy (non-hydrogen) atoms. The van der Waals surface area contributed by atoms with E-state index in [0.717, 1.165) is 44.6 Å². The largest absolute Gasteiger partial charge is 0.444 e. The van der Waals surface area contributed by atoms with Gasteiger partial charge in [0.2, 0.25) is 0 Å². The van der Waals surface area contributed by atoms with Crippen molar-refractivity contribution in [1.29, 1.82) is 5.26 Å². The van der Waals surface area contributed by atoms with E-state index in [1.165, 1.54) is 0 Å². The van der Waals surface area contributed by atoms with Crippen LogP contribution in [-0.2, 0) is 20.7 Å². The highest BCUT2D eigenvalue weighted by Crippen LogP contribution is 2.44. The third-order valence-electron chi connectivity index (χ3n) is 8.62. The quantitative estimate of drug-likeness (QED) is 0.554. The average Bonchev–Trinajstić information content (AvgIpc) is 3.58. The average molecular weight is 527 g/mol. The predicted octanol–water partition coefficient (Wildman–Crippen LogP) is 3.98. The molecule has 4 aliphatic rings. The van der Waals surface area contributed by atoms with Gasteiger partial charge in [-0.3, -0.25) is 14.6 Å². The Morgan fingerprint density at radius 3 is 2.71 bits per heavy atom. The molecule has 206 valence electrons. The van der Waals surface area contributed by atoms with E-state index >= 15 is 4.39 Å². The molecule has 0 unspecified atom stereocenters. The van der Waals surface area contributed by atoms with Crippen molar-refractivity contribution in [2.75, 3.05) is 38.4 Å². The second-order valence-electron chi connectivity index (χ2n) is 12.5. The summed E-state index contributed by atoms with van der Waals surface area (Å²) in [5, 5.41) is 9.85. The van der Waals surface area contributed by atoms with Gasteiger partial charge in [0.05, 0.1) is 31.4 Å². The Hall–Kier alpha value is -2.70. The maximum absolute atomic E-state index is 15.2. The number of halogens is 1. The summed E-state index contributed by atoms with van der Waals surface area (Å²) >= 11 is 0. The van der Waals surface area contributed by atoms with Crippen LogP contribution in [0.3, 0.4) is 0 Å². The Balaban J connectivity index is 1.23. The number of rotatable bonds is 6.